The van der Waals surface area contributed by atoms with Gasteiger partial charge in [0.15, 0.2) is 3.41 Å². The Hall–Kier alpha value is 0.970. The molecular formula is C10H22O2S3. The van der Waals surface area contributed by atoms with Gasteiger partial charge in [0.2, 0.25) is 5.79 Å². The van der Waals surface area contributed by atoms with Crippen LogP contribution >= 0.6 is 35.3 Å². The molecule has 1 unspecified atom stereocenters. The molecule has 0 spiro atoms. The Morgan fingerprint density at radius 1 is 0.933 bits per heavy atom. The van der Waals surface area contributed by atoms with E-state index < -0.39 is 9.20 Å². The molecule has 0 aromatic heterocycles. The van der Waals surface area contributed by atoms with Crippen molar-refractivity contribution in [2.45, 2.75) is 30.0 Å². The van der Waals surface area contributed by atoms with Crippen LogP contribution in [0, 0.1) is 5.41 Å². The second kappa shape index (κ2) is 5.54. The Bertz CT molecular complexity index is 191. The van der Waals surface area contributed by atoms with E-state index in [9.17, 15) is 5.11 Å². The Balaban J connectivity index is 5.41. The average molecular weight is 270 g/mol. The van der Waals surface area contributed by atoms with E-state index >= 15 is 0 Å². The highest BCUT2D eigenvalue weighted by atomic mass is 32.3. The summed E-state index contributed by atoms with van der Waals surface area (Å²) in [5, 5.41) is 10.8. The third kappa shape index (κ3) is 2.63. The summed E-state index contributed by atoms with van der Waals surface area (Å²) in [6.07, 6.45) is 6.01. The van der Waals surface area contributed by atoms with Crippen LogP contribution in [0.25, 0.3) is 0 Å². The Labute approximate surface area is 106 Å². The summed E-state index contributed by atoms with van der Waals surface area (Å²) in [6, 6.07) is 0. The highest BCUT2D eigenvalue weighted by Gasteiger charge is 2.57. The van der Waals surface area contributed by atoms with Gasteiger partial charge in [-0.3, -0.25) is 0 Å². The van der Waals surface area contributed by atoms with Crippen LogP contribution in [0.3, 0.4) is 0 Å². The second-order valence-corrected chi connectivity index (χ2v) is 8.10. The van der Waals surface area contributed by atoms with Gasteiger partial charge in [-0.1, -0.05) is 20.8 Å². The maximum atomic E-state index is 10.8. The summed E-state index contributed by atoms with van der Waals surface area (Å²) in [5.74, 6) is -1.17. The van der Waals surface area contributed by atoms with E-state index in [1.54, 1.807) is 42.4 Å². The first-order valence-corrected chi connectivity index (χ1v) is 8.35. The summed E-state index contributed by atoms with van der Waals surface area (Å²) in [5.41, 5.74) is -0.337. The topological polar surface area (TPSA) is 29.5 Å². The highest BCUT2D eigenvalue weighted by Crippen LogP contribution is 2.57. The van der Waals surface area contributed by atoms with Crippen LogP contribution in [0.5, 0.6) is 0 Å². The average Bonchev–Trinajstić information content (AvgIpc) is 2.19. The predicted octanol–water partition coefficient (Wildman–Crippen LogP) is 3.11. The number of hydrogen-bond donors (Lipinski definition) is 1. The zero-order valence-electron chi connectivity index (χ0n) is 10.6. The molecule has 0 aliphatic heterocycles. The van der Waals surface area contributed by atoms with Crippen LogP contribution in [0.4, 0.5) is 0 Å². The van der Waals surface area contributed by atoms with Crippen LogP contribution in [0.2, 0.25) is 0 Å². The third-order valence-electron chi connectivity index (χ3n) is 2.53. The number of thioether (sulfide) groups is 3. The molecule has 92 valence electrons. The zero-order chi connectivity index (χ0) is 12.3. The largest absolute Gasteiger partial charge is 0.363 e. The van der Waals surface area contributed by atoms with Gasteiger partial charge in [0.05, 0.1) is 0 Å². The molecule has 5 heteroatoms. The molecule has 0 aromatic rings. The Morgan fingerprint density at radius 2 is 1.27 bits per heavy atom. The van der Waals surface area contributed by atoms with Crippen molar-refractivity contribution in [3.63, 3.8) is 0 Å². The first-order chi connectivity index (χ1) is 6.74. The summed E-state index contributed by atoms with van der Waals surface area (Å²) >= 11 is 4.88. The minimum Gasteiger partial charge on any atom is -0.363 e. The normalized spacial score (nSPS) is 17.6. The minimum absolute atomic E-state index is 0.337. The number of methoxy groups -OCH3 is 1. The van der Waals surface area contributed by atoms with Crippen molar-refractivity contribution in [1.29, 1.82) is 0 Å². The molecule has 2 nitrogen and oxygen atoms in total. The van der Waals surface area contributed by atoms with E-state index in [0.717, 1.165) is 0 Å². The fraction of sp³-hybridized carbons (Fsp3) is 1.00. The molecule has 0 saturated heterocycles. The van der Waals surface area contributed by atoms with E-state index in [-0.39, 0.29) is 5.41 Å². The molecule has 0 heterocycles. The first kappa shape index (κ1) is 16.0. The molecule has 0 bridgehead atoms. The maximum Gasteiger partial charge on any atom is 0.204 e. The van der Waals surface area contributed by atoms with Crippen molar-refractivity contribution in [3.05, 3.63) is 0 Å². The molecule has 0 radical (unpaired) electrons. The lowest BCUT2D eigenvalue weighted by molar-refractivity contribution is -0.239. The SMILES string of the molecule is COC(O)(C(C)(C)C)C(SC)(SC)SC. The Kier molecular flexibility index (Phi) is 5.90. The van der Waals surface area contributed by atoms with E-state index in [1.807, 2.05) is 39.5 Å². The van der Waals surface area contributed by atoms with Crippen molar-refractivity contribution in [1.82, 2.24) is 0 Å². The monoisotopic (exact) mass is 270 g/mol. The molecule has 0 fully saturated rings. The second-order valence-electron chi connectivity index (χ2n) is 4.27. The van der Waals surface area contributed by atoms with Gasteiger partial charge in [-0.15, -0.1) is 35.3 Å². The van der Waals surface area contributed by atoms with Gasteiger partial charge < -0.3 is 9.84 Å². The van der Waals surface area contributed by atoms with Crippen molar-refractivity contribution >= 4 is 35.3 Å². The van der Waals surface area contributed by atoms with E-state index in [4.69, 9.17) is 4.74 Å². The van der Waals surface area contributed by atoms with Crippen molar-refractivity contribution in [2.24, 2.45) is 5.41 Å². The summed E-state index contributed by atoms with van der Waals surface area (Å²) in [4.78, 5) is 0. The van der Waals surface area contributed by atoms with Gasteiger partial charge >= 0.3 is 0 Å². The van der Waals surface area contributed by atoms with E-state index in [1.165, 1.54) is 0 Å². The molecule has 0 aliphatic carbocycles. The Morgan fingerprint density at radius 3 is 1.33 bits per heavy atom. The molecule has 0 aliphatic rings. The summed E-state index contributed by atoms with van der Waals surface area (Å²) in [6.45, 7) is 5.98. The summed E-state index contributed by atoms with van der Waals surface area (Å²) in [7, 11) is 1.57. The van der Waals surface area contributed by atoms with Gasteiger partial charge in [0.25, 0.3) is 0 Å². The smallest absolute Gasteiger partial charge is 0.204 e. The van der Waals surface area contributed by atoms with Gasteiger partial charge in [-0.2, -0.15) is 0 Å². The van der Waals surface area contributed by atoms with Crippen LogP contribution in [-0.4, -0.2) is 40.2 Å². The van der Waals surface area contributed by atoms with Crippen molar-refractivity contribution < 1.29 is 9.84 Å². The molecule has 0 saturated carbocycles. The van der Waals surface area contributed by atoms with Crippen molar-refractivity contribution in [2.75, 3.05) is 25.9 Å². The van der Waals surface area contributed by atoms with Gasteiger partial charge in [-0.25, -0.2) is 0 Å². The van der Waals surface area contributed by atoms with Gasteiger partial charge in [0.1, 0.15) is 0 Å². The number of hydrogen-bond acceptors (Lipinski definition) is 5. The highest BCUT2D eigenvalue weighted by molar-refractivity contribution is 8.33. The van der Waals surface area contributed by atoms with Crippen LogP contribution in [0.15, 0.2) is 0 Å². The van der Waals surface area contributed by atoms with Gasteiger partial charge in [0, 0.05) is 12.5 Å². The number of ether oxygens (including phenoxy) is 1. The molecule has 0 aromatic carbocycles. The van der Waals surface area contributed by atoms with E-state index in [0.29, 0.717) is 0 Å². The minimum atomic E-state index is -1.17. The van der Waals surface area contributed by atoms with Crippen molar-refractivity contribution in [3.8, 4) is 0 Å². The molecule has 1 N–H and O–H groups in total. The zero-order valence-corrected chi connectivity index (χ0v) is 13.0. The molecule has 1 atom stereocenters. The van der Waals surface area contributed by atoms with E-state index in [2.05, 4.69) is 0 Å². The number of aliphatic hydroxyl groups is 1. The lowest BCUT2D eigenvalue weighted by atomic mass is 9.86. The van der Waals surface area contributed by atoms with Gasteiger partial charge in [-0.05, 0) is 18.8 Å². The molecule has 0 rings (SSSR count). The standard InChI is InChI=1S/C10H22O2S3/c1-8(2,3)9(11,12-4)10(13-5,14-6)15-7/h11H,1-7H3. The fourth-order valence-electron chi connectivity index (χ4n) is 1.56. The van der Waals surface area contributed by atoms with Crippen LogP contribution in [-0.2, 0) is 4.74 Å². The first-order valence-electron chi connectivity index (χ1n) is 4.67. The lowest BCUT2D eigenvalue weighted by Crippen LogP contribution is -2.57. The summed E-state index contributed by atoms with van der Waals surface area (Å²) < 4.78 is 5.03. The third-order valence-corrected chi connectivity index (χ3v) is 7.98. The van der Waals surface area contributed by atoms with Crippen LogP contribution in [0.1, 0.15) is 20.8 Å². The molecule has 0 amide bonds. The van der Waals surface area contributed by atoms with Crippen LogP contribution < -0.4 is 0 Å². The lowest BCUT2D eigenvalue weighted by Gasteiger charge is -2.50. The quantitative estimate of drug-likeness (QED) is 0.775. The number of rotatable bonds is 5. The predicted molar refractivity (Wildman–Crippen MR) is 74.7 cm³/mol. The molecule has 15 heavy (non-hydrogen) atoms. The molecular weight excluding hydrogens is 248 g/mol. The maximum absolute atomic E-state index is 10.8. The fourth-order valence-corrected chi connectivity index (χ4v) is 5.55.